The van der Waals surface area contributed by atoms with Gasteiger partial charge in [-0.05, 0) is 43.0 Å². The van der Waals surface area contributed by atoms with E-state index in [1.165, 1.54) is 41.8 Å². The van der Waals surface area contributed by atoms with Crippen LogP contribution in [-0.2, 0) is 24.1 Å². The van der Waals surface area contributed by atoms with Crippen LogP contribution in [0, 0.1) is 0 Å². The molecule has 5 rings (SSSR count). The average molecular weight is 397 g/mol. The summed E-state index contributed by atoms with van der Waals surface area (Å²) in [6.45, 7) is 9.03. The second-order valence-electron chi connectivity index (χ2n) is 8.63. The maximum Gasteiger partial charge on any atom is 0.122 e. The van der Waals surface area contributed by atoms with Crippen molar-refractivity contribution >= 4 is 0 Å². The number of piperidine rings is 1. The molecule has 0 bridgehead atoms. The van der Waals surface area contributed by atoms with E-state index in [4.69, 9.17) is 9.47 Å². The highest BCUT2D eigenvalue weighted by atomic mass is 16.5. The molecule has 0 amide bonds. The summed E-state index contributed by atoms with van der Waals surface area (Å²) in [5.41, 5.74) is 5.54. The van der Waals surface area contributed by atoms with Gasteiger partial charge < -0.3 is 14.4 Å². The summed E-state index contributed by atoms with van der Waals surface area (Å²) < 4.78 is 11.1. The van der Waals surface area contributed by atoms with E-state index in [1.54, 1.807) is 0 Å². The van der Waals surface area contributed by atoms with Gasteiger partial charge >= 0.3 is 0 Å². The molecule has 0 radical (unpaired) electrons. The maximum absolute atomic E-state index is 5.64. The van der Waals surface area contributed by atoms with Gasteiger partial charge in [-0.3, -0.25) is 10.00 Å². The summed E-state index contributed by atoms with van der Waals surface area (Å²) in [4.78, 5) is 5.12. The third kappa shape index (κ3) is 4.49. The second kappa shape index (κ2) is 8.86. The number of hydrogen-bond donors (Lipinski definition) is 1. The van der Waals surface area contributed by atoms with Crippen molar-refractivity contribution in [1.29, 1.82) is 0 Å². The molecule has 1 atom stereocenters. The predicted molar refractivity (Wildman–Crippen MR) is 112 cm³/mol. The van der Waals surface area contributed by atoms with Gasteiger partial charge in [0.25, 0.3) is 0 Å². The number of fused-ring (bicyclic) bond motifs is 1. The normalized spacial score (nSPS) is 23.1. The molecule has 0 unspecified atom stereocenters. The quantitative estimate of drug-likeness (QED) is 0.813. The SMILES string of the molecule is c1cc2c(cc1CCN1CCC[C@@H](c3[nH]ncc3CN3CCOCC3)C1)CCO2. The topological polar surface area (TPSA) is 53.6 Å². The van der Waals surface area contributed by atoms with Gasteiger partial charge in [-0.1, -0.05) is 12.1 Å². The average Bonchev–Trinajstić information content (AvgIpc) is 3.42. The van der Waals surface area contributed by atoms with E-state index in [0.717, 1.165) is 71.1 Å². The van der Waals surface area contributed by atoms with E-state index in [0.29, 0.717) is 5.92 Å². The Morgan fingerprint density at radius 2 is 2.03 bits per heavy atom. The number of H-pyrrole nitrogens is 1. The Labute approximate surface area is 173 Å². The first kappa shape index (κ1) is 19.1. The molecule has 6 nitrogen and oxygen atoms in total. The zero-order valence-electron chi connectivity index (χ0n) is 17.2. The molecule has 1 aromatic carbocycles. The standard InChI is InChI=1S/C23H32N4O2/c1-2-20(23-21(15-24-25-23)17-27-9-12-28-13-10-27)16-26(7-1)8-5-18-3-4-22-19(14-18)6-11-29-22/h3-4,14-15,20H,1-2,5-13,16-17H2,(H,24,25)/t20-/m1/s1. The third-order valence-electron chi connectivity index (χ3n) is 6.63. The molecule has 6 heteroatoms. The molecule has 156 valence electrons. The van der Waals surface area contributed by atoms with Crippen LogP contribution in [0.5, 0.6) is 5.75 Å². The number of ether oxygens (including phenoxy) is 2. The smallest absolute Gasteiger partial charge is 0.122 e. The molecule has 0 spiro atoms. The lowest BCUT2D eigenvalue weighted by atomic mass is 9.92. The van der Waals surface area contributed by atoms with Crippen LogP contribution in [0.4, 0.5) is 0 Å². The van der Waals surface area contributed by atoms with Crippen LogP contribution < -0.4 is 4.74 Å². The highest BCUT2D eigenvalue weighted by Gasteiger charge is 2.25. The van der Waals surface area contributed by atoms with Crippen molar-refractivity contribution < 1.29 is 9.47 Å². The molecule has 1 N–H and O–H groups in total. The first-order valence-corrected chi connectivity index (χ1v) is 11.1. The van der Waals surface area contributed by atoms with Crippen LogP contribution in [0.2, 0.25) is 0 Å². The number of nitrogens with zero attached hydrogens (tertiary/aromatic N) is 3. The van der Waals surface area contributed by atoms with E-state index in [1.807, 2.05) is 6.20 Å². The third-order valence-corrected chi connectivity index (χ3v) is 6.63. The highest BCUT2D eigenvalue weighted by molar-refractivity contribution is 5.39. The fourth-order valence-corrected chi connectivity index (χ4v) is 4.98. The number of benzene rings is 1. The minimum Gasteiger partial charge on any atom is -0.493 e. The number of morpholine rings is 1. The molecule has 2 saturated heterocycles. The van der Waals surface area contributed by atoms with Gasteiger partial charge in [0.2, 0.25) is 0 Å². The van der Waals surface area contributed by atoms with Crippen molar-refractivity contribution in [3.05, 3.63) is 46.8 Å². The van der Waals surface area contributed by atoms with Crippen molar-refractivity contribution in [3.8, 4) is 5.75 Å². The van der Waals surface area contributed by atoms with Gasteiger partial charge in [-0.25, -0.2) is 0 Å². The second-order valence-corrected chi connectivity index (χ2v) is 8.63. The van der Waals surface area contributed by atoms with E-state index >= 15 is 0 Å². The predicted octanol–water partition coefficient (Wildman–Crippen LogP) is 2.60. The number of aromatic nitrogens is 2. The van der Waals surface area contributed by atoms with E-state index in [9.17, 15) is 0 Å². The van der Waals surface area contributed by atoms with Crippen LogP contribution in [-0.4, -0.2) is 72.5 Å². The molecule has 1 aromatic heterocycles. The number of hydrogen-bond acceptors (Lipinski definition) is 5. The lowest BCUT2D eigenvalue weighted by Crippen LogP contribution is -2.37. The van der Waals surface area contributed by atoms with E-state index in [-0.39, 0.29) is 0 Å². The molecular weight excluding hydrogens is 364 g/mol. The Kier molecular flexibility index (Phi) is 5.83. The molecule has 29 heavy (non-hydrogen) atoms. The van der Waals surface area contributed by atoms with Crippen molar-refractivity contribution in [3.63, 3.8) is 0 Å². The van der Waals surface area contributed by atoms with Crippen molar-refractivity contribution in [2.45, 2.75) is 38.1 Å². The summed E-state index contributed by atoms with van der Waals surface area (Å²) in [7, 11) is 0. The molecule has 2 fully saturated rings. The molecule has 0 aliphatic carbocycles. The van der Waals surface area contributed by atoms with Crippen LogP contribution >= 0.6 is 0 Å². The number of likely N-dealkylation sites (tertiary alicyclic amines) is 1. The molecule has 4 heterocycles. The Morgan fingerprint density at radius 3 is 2.97 bits per heavy atom. The summed E-state index contributed by atoms with van der Waals surface area (Å²) in [6, 6.07) is 6.74. The molecule has 2 aromatic rings. The first-order chi connectivity index (χ1) is 14.3. The first-order valence-electron chi connectivity index (χ1n) is 11.1. The Balaban J connectivity index is 1.18. The molecular formula is C23H32N4O2. The van der Waals surface area contributed by atoms with Crippen LogP contribution in [0.25, 0.3) is 0 Å². The van der Waals surface area contributed by atoms with E-state index < -0.39 is 0 Å². The van der Waals surface area contributed by atoms with Gasteiger partial charge in [0.1, 0.15) is 5.75 Å². The zero-order chi connectivity index (χ0) is 19.5. The Bertz CT molecular complexity index is 815. The summed E-state index contributed by atoms with van der Waals surface area (Å²) in [5, 5.41) is 7.74. The molecule has 3 aliphatic rings. The van der Waals surface area contributed by atoms with Crippen molar-refractivity contribution in [2.24, 2.45) is 0 Å². The lowest BCUT2D eigenvalue weighted by Gasteiger charge is -2.33. The summed E-state index contributed by atoms with van der Waals surface area (Å²) in [6.07, 6.45) is 6.73. The van der Waals surface area contributed by atoms with Crippen LogP contribution in [0.3, 0.4) is 0 Å². The van der Waals surface area contributed by atoms with Gasteiger partial charge in [-0.15, -0.1) is 0 Å². The maximum atomic E-state index is 5.64. The fraction of sp³-hybridized carbons (Fsp3) is 0.609. The Morgan fingerprint density at radius 1 is 1.10 bits per heavy atom. The largest absolute Gasteiger partial charge is 0.493 e. The monoisotopic (exact) mass is 396 g/mol. The van der Waals surface area contributed by atoms with Crippen molar-refractivity contribution in [2.75, 3.05) is 52.5 Å². The number of rotatable bonds is 6. The van der Waals surface area contributed by atoms with E-state index in [2.05, 4.69) is 38.2 Å². The van der Waals surface area contributed by atoms with Crippen LogP contribution in [0.15, 0.2) is 24.4 Å². The minimum atomic E-state index is 0.565. The Hall–Kier alpha value is -1.89. The van der Waals surface area contributed by atoms with Crippen LogP contribution in [0.1, 0.15) is 41.1 Å². The van der Waals surface area contributed by atoms with Gasteiger partial charge in [0.15, 0.2) is 0 Å². The molecule has 3 aliphatic heterocycles. The molecule has 0 saturated carbocycles. The number of nitrogens with one attached hydrogen (secondary N) is 1. The van der Waals surface area contributed by atoms with Crippen molar-refractivity contribution in [1.82, 2.24) is 20.0 Å². The zero-order valence-corrected chi connectivity index (χ0v) is 17.2. The number of aromatic amines is 1. The summed E-state index contributed by atoms with van der Waals surface area (Å²) in [5.74, 6) is 1.65. The van der Waals surface area contributed by atoms with Gasteiger partial charge in [0, 0.05) is 56.3 Å². The fourth-order valence-electron chi connectivity index (χ4n) is 4.98. The summed E-state index contributed by atoms with van der Waals surface area (Å²) >= 11 is 0. The minimum absolute atomic E-state index is 0.565. The highest BCUT2D eigenvalue weighted by Crippen LogP contribution is 2.29. The van der Waals surface area contributed by atoms with Gasteiger partial charge in [-0.2, -0.15) is 5.10 Å². The van der Waals surface area contributed by atoms with Gasteiger partial charge in [0.05, 0.1) is 26.0 Å². The lowest BCUT2D eigenvalue weighted by molar-refractivity contribution is 0.0340.